The molecule has 0 aliphatic rings. The van der Waals surface area contributed by atoms with Gasteiger partial charge in [-0.1, -0.05) is 35.9 Å². The van der Waals surface area contributed by atoms with Crippen LogP contribution in [0.3, 0.4) is 0 Å². The van der Waals surface area contributed by atoms with E-state index in [1.54, 1.807) is 24.3 Å². The minimum Gasteiger partial charge on any atom is -0.310 e. The van der Waals surface area contributed by atoms with E-state index in [0.29, 0.717) is 17.1 Å². The Labute approximate surface area is 176 Å². The number of hydrogen-bond acceptors (Lipinski definition) is 4. The molecule has 8 heteroatoms. The van der Waals surface area contributed by atoms with Crippen LogP contribution in [0.4, 0.5) is 0 Å². The van der Waals surface area contributed by atoms with Gasteiger partial charge in [0, 0.05) is 22.2 Å². The van der Waals surface area contributed by atoms with Gasteiger partial charge in [0.1, 0.15) is 0 Å². The van der Waals surface area contributed by atoms with Crippen molar-refractivity contribution in [2.24, 2.45) is 0 Å². The number of hydrogen-bond donors (Lipinski definition) is 2. The van der Waals surface area contributed by atoms with E-state index in [-0.39, 0.29) is 11.1 Å². The van der Waals surface area contributed by atoms with E-state index in [0.717, 1.165) is 10.5 Å². The van der Waals surface area contributed by atoms with Gasteiger partial charge in [0.15, 0.2) is 0 Å². The lowest BCUT2D eigenvalue weighted by molar-refractivity contribution is 0.0844. The van der Waals surface area contributed by atoms with Crippen molar-refractivity contribution in [1.29, 1.82) is 0 Å². The molecule has 3 aromatic rings. The molecular weight excluding hydrogens is 410 g/mol. The molecule has 2 aromatic carbocycles. The highest BCUT2D eigenvalue weighted by atomic mass is 35.5. The third-order valence-corrected chi connectivity index (χ3v) is 5.20. The van der Waals surface area contributed by atoms with Crippen LogP contribution in [0.25, 0.3) is 0 Å². The van der Waals surface area contributed by atoms with Crippen molar-refractivity contribution >= 4 is 35.2 Å². The number of halogens is 1. The summed E-state index contributed by atoms with van der Waals surface area (Å²) in [5.41, 5.74) is 6.14. The number of aromatic nitrogens is 1. The maximum atomic E-state index is 12.4. The maximum Gasteiger partial charge on any atom is 0.271 e. The third-order valence-electron chi connectivity index (χ3n) is 4.15. The highest BCUT2D eigenvalue weighted by molar-refractivity contribution is 7.98. The number of nitrogens with one attached hydrogen (secondary N) is 2. The highest BCUT2D eigenvalue weighted by Crippen LogP contribution is 2.19. The Bertz CT molecular complexity index is 1100. The number of thioether (sulfide) groups is 1. The summed E-state index contributed by atoms with van der Waals surface area (Å²) in [7, 11) is 0. The molecule has 0 aliphatic heterocycles. The smallest absolute Gasteiger partial charge is 0.271 e. The zero-order valence-electron chi connectivity index (χ0n) is 15.5. The lowest BCUT2D eigenvalue weighted by atomic mass is 10.2. The highest BCUT2D eigenvalue weighted by Gasteiger charge is 2.13. The van der Waals surface area contributed by atoms with Gasteiger partial charge in [-0.25, -0.2) is 0 Å². The number of nitrogens with zero attached hydrogens (tertiary/aromatic N) is 1. The summed E-state index contributed by atoms with van der Waals surface area (Å²) in [4.78, 5) is 37.7. The first-order valence-electron chi connectivity index (χ1n) is 8.66. The second kappa shape index (κ2) is 9.45. The van der Waals surface area contributed by atoms with E-state index in [1.807, 2.05) is 30.5 Å². The Hall–Kier alpha value is -3.03. The predicted octanol–water partition coefficient (Wildman–Crippen LogP) is 3.35. The van der Waals surface area contributed by atoms with Crippen LogP contribution in [-0.2, 0) is 6.54 Å². The largest absolute Gasteiger partial charge is 0.310 e. The van der Waals surface area contributed by atoms with E-state index >= 15 is 0 Å². The summed E-state index contributed by atoms with van der Waals surface area (Å²) < 4.78 is 1.42. The summed E-state index contributed by atoms with van der Waals surface area (Å²) in [6.45, 7) is 0.296. The molecule has 0 spiro atoms. The topological polar surface area (TPSA) is 80.2 Å². The molecule has 2 amide bonds. The SMILES string of the molecule is CSc1ccccc1C(=O)NNC(=O)c1ccc(=O)n(Cc2ccc(Cl)cc2)c1. The van der Waals surface area contributed by atoms with Gasteiger partial charge >= 0.3 is 0 Å². The van der Waals surface area contributed by atoms with Crippen molar-refractivity contribution in [3.63, 3.8) is 0 Å². The minimum atomic E-state index is -0.523. The molecule has 6 nitrogen and oxygen atoms in total. The number of carbonyl (C=O) groups is 2. The quantitative estimate of drug-likeness (QED) is 0.483. The fraction of sp³-hybridized carbons (Fsp3) is 0.0952. The predicted molar refractivity (Wildman–Crippen MR) is 114 cm³/mol. The Morgan fingerprint density at radius 3 is 2.38 bits per heavy atom. The zero-order chi connectivity index (χ0) is 20.8. The molecule has 29 heavy (non-hydrogen) atoms. The van der Waals surface area contributed by atoms with Crippen molar-refractivity contribution in [1.82, 2.24) is 15.4 Å². The number of benzene rings is 2. The lowest BCUT2D eigenvalue weighted by Crippen LogP contribution is -2.42. The van der Waals surface area contributed by atoms with Crippen LogP contribution in [0.2, 0.25) is 5.02 Å². The fourth-order valence-electron chi connectivity index (χ4n) is 2.66. The molecule has 0 radical (unpaired) electrons. The second-order valence-corrected chi connectivity index (χ2v) is 7.40. The van der Waals surface area contributed by atoms with Crippen molar-refractivity contribution in [3.05, 3.63) is 98.9 Å². The van der Waals surface area contributed by atoms with Crippen LogP contribution in [0, 0.1) is 0 Å². The molecule has 1 heterocycles. The van der Waals surface area contributed by atoms with Crippen LogP contribution < -0.4 is 16.4 Å². The van der Waals surface area contributed by atoms with Gasteiger partial charge < -0.3 is 4.57 Å². The molecule has 148 valence electrons. The Balaban J connectivity index is 1.70. The van der Waals surface area contributed by atoms with Crippen LogP contribution in [0.5, 0.6) is 0 Å². The summed E-state index contributed by atoms with van der Waals surface area (Å²) in [6, 6.07) is 16.9. The van der Waals surface area contributed by atoms with Crippen molar-refractivity contribution in [2.75, 3.05) is 6.26 Å². The van der Waals surface area contributed by atoms with Gasteiger partial charge in [-0.2, -0.15) is 0 Å². The van der Waals surface area contributed by atoms with Gasteiger partial charge in [0.2, 0.25) is 0 Å². The Kier molecular flexibility index (Phi) is 6.74. The number of amides is 2. The van der Waals surface area contributed by atoms with Crippen LogP contribution in [0.15, 0.2) is 76.6 Å². The van der Waals surface area contributed by atoms with Gasteiger partial charge in [-0.05, 0) is 42.2 Å². The molecular formula is C21H18ClN3O3S. The Morgan fingerprint density at radius 2 is 1.66 bits per heavy atom. The molecule has 0 saturated heterocycles. The van der Waals surface area contributed by atoms with E-state index in [4.69, 9.17) is 11.6 Å². The maximum absolute atomic E-state index is 12.4. The van der Waals surface area contributed by atoms with E-state index in [1.165, 1.54) is 34.7 Å². The van der Waals surface area contributed by atoms with Crippen molar-refractivity contribution in [2.45, 2.75) is 11.4 Å². The standard InChI is InChI=1S/C21H18ClN3O3S/c1-29-18-5-3-2-4-17(18)21(28)24-23-20(27)15-8-11-19(26)25(13-15)12-14-6-9-16(22)10-7-14/h2-11,13H,12H2,1H3,(H,23,27)(H,24,28). The first-order chi connectivity index (χ1) is 14.0. The molecule has 3 rings (SSSR count). The van der Waals surface area contributed by atoms with Crippen LogP contribution >= 0.6 is 23.4 Å². The first kappa shape index (κ1) is 20.7. The number of carbonyl (C=O) groups excluding carboxylic acids is 2. The van der Waals surface area contributed by atoms with Gasteiger partial charge in [0.05, 0.1) is 17.7 Å². The molecule has 2 N–H and O–H groups in total. The number of pyridine rings is 1. The molecule has 0 atom stereocenters. The summed E-state index contributed by atoms with van der Waals surface area (Å²) >= 11 is 7.32. The molecule has 0 bridgehead atoms. The summed E-state index contributed by atoms with van der Waals surface area (Å²) in [6.07, 6.45) is 3.32. The molecule has 0 saturated carbocycles. The average molecular weight is 428 g/mol. The zero-order valence-corrected chi connectivity index (χ0v) is 17.1. The average Bonchev–Trinajstić information content (AvgIpc) is 2.74. The van der Waals surface area contributed by atoms with E-state index in [2.05, 4.69) is 10.9 Å². The monoisotopic (exact) mass is 427 g/mol. The number of hydrazine groups is 1. The lowest BCUT2D eigenvalue weighted by Gasteiger charge is -2.11. The summed E-state index contributed by atoms with van der Waals surface area (Å²) in [5, 5.41) is 0.605. The second-order valence-electron chi connectivity index (χ2n) is 6.12. The molecule has 0 aliphatic carbocycles. The third kappa shape index (κ3) is 5.28. The number of rotatable bonds is 5. The molecule has 0 unspecified atom stereocenters. The van der Waals surface area contributed by atoms with Crippen molar-refractivity contribution in [3.8, 4) is 0 Å². The first-order valence-corrected chi connectivity index (χ1v) is 10.3. The van der Waals surface area contributed by atoms with Crippen LogP contribution in [-0.4, -0.2) is 22.6 Å². The van der Waals surface area contributed by atoms with Gasteiger partial charge in [-0.15, -0.1) is 11.8 Å². The Morgan fingerprint density at radius 1 is 0.966 bits per heavy atom. The van der Waals surface area contributed by atoms with Crippen LogP contribution in [0.1, 0.15) is 26.3 Å². The van der Waals surface area contributed by atoms with E-state index in [9.17, 15) is 14.4 Å². The fourth-order valence-corrected chi connectivity index (χ4v) is 3.38. The van der Waals surface area contributed by atoms with E-state index < -0.39 is 11.8 Å². The molecule has 1 aromatic heterocycles. The molecule has 0 fully saturated rings. The summed E-state index contributed by atoms with van der Waals surface area (Å²) in [5.74, 6) is -0.942. The minimum absolute atomic E-state index is 0.241. The van der Waals surface area contributed by atoms with Gasteiger partial charge in [0.25, 0.3) is 17.4 Å². The van der Waals surface area contributed by atoms with Gasteiger partial charge in [-0.3, -0.25) is 25.2 Å². The van der Waals surface area contributed by atoms with Crippen molar-refractivity contribution < 1.29 is 9.59 Å². The normalized spacial score (nSPS) is 10.4.